The zero-order valence-electron chi connectivity index (χ0n) is 9.29. The first kappa shape index (κ1) is 12.5. The van der Waals surface area contributed by atoms with Crippen LogP contribution in [0.3, 0.4) is 0 Å². The van der Waals surface area contributed by atoms with Crippen LogP contribution in [0.2, 0.25) is 0 Å². The van der Waals surface area contributed by atoms with Gasteiger partial charge in [0.25, 0.3) is 5.91 Å². The summed E-state index contributed by atoms with van der Waals surface area (Å²) >= 11 is 0. The summed E-state index contributed by atoms with van der Waals surface area (Å²) in [7, 11) is -3.51. The van der Waals surface area contributed by atoms with E-state index in [1.165, 1.54) is 18.2 Å². The van der Waals surface area contributed by atoms with Crippen molar-refractivity contribution in [2.24, 2.45) is 16.5 Å². The van der Waals surface area contributed by atoms with Gasteiger partial charge in [-0.15, -0.1) is 0 Å². The van der Waals surface area contributed by atoms with Gasteiger partial charge in [-0.25, -0.2) is 8.42 Å². The van der Waals surface area contributed by atoms with Crippen LogP contribution in [0.5, 0.6) is 0 Å². The van der Waals surface area contributed by atoms with E-state index in [0.29, 0.717) is 5.56 Å². The first-order chi connectivity index (χ1) is 8.40. The van der Waals surface area contributed by atoms with Crippen molar-refractivity contribution in [1.82, 2.24) is 0 Å². The number of carbonyl (C=O) groups excluding carboxylic acids is 1. The van der Waals surface area contributed by atoms with Crippen LogP contribution >= 0.6 is 0 Å². The van der Waals surface area contributed by atoms with E-state index in [2.05, 4.69) is 4.99 Å². The average molecular weight is 269 g/mol. The van der Waals surface area contributed by atoms with Crippen molar-refractivity contribution >= 4 is 21.7 Å². The number of aliphatic imine (C=N–C) groups is 1. The maximum atomic E-state index is 11.7. The van der Waals surface area contributed by atoms with E-state index in [9.17, 15) is 13.2 Å². The SMILES string of the molecule is NC(N)=NC(=O)c1ccc2c(c1)S(=O)(=O)COC2. The molecule has 1 aromatic rings. The zero-order chi connectivity index (χ0) is 13.3. The summed E-state index contributed by atoms with van der Waals surface area (Å²) in [4.78, 5) is 15.0. The second-order valence-corrected chi connectivity index (χ2v) is 5.65. The predicted octanol–water partition coefficient (Wildman–Crippen LogP) is -0.638. The maximum absolute atomic E-state index is 11.7. The van der Waals surface area contributed by atoms with Gasteiger partial charge in [-0.2, -0.15) is 4.99 Å². The Morgan fingerprint density at radius 3 is 2.72 bits per heavy atom. The Morgan fingerprint density at radius 2 is 2.06 bits per heavy atom. The lowest BCUT2D eigenvalue weighted by Crippen LogP contribution is -2.24. The minimum absolute atomic E-state index is 0.0883. The van der Waals surface area contributed by atoms with Gasteiger partial charge in [0.05, 0.1) is 11.5 Å². The molecule has 0 spiro atoms. The normalized spacial score (nSPS) is 16.7. The largest absolute Gasteiger partial charge is 0.370 e. The van der Waals surface area contributed by atoms with E-state index in [4.69, 9.17) is 16.2 Å². The smallest absolute Gasteiger partial charge is 0.280 e. The molecule has 8 heteroatoms. The number of hydrogen-bond donors (Lipinski definition) is 2. The summed E-state index contributed by atoms with van der Waals surface area (Å²) in [6, 6.07) is 4.24. The molecule has 0 fully saturated rings. The van der Waals surface area contributed by atoms with Crippen molar-refractivity contribution in [3.8, 4) is 0 Å². The van der Waals surface area contributed by atoms with Crippen LogP contribution in [0.4, 0.5) is 0 Å². The number of nitrogens with zero attached hydrogens (tertiary/aromatic N) is 1. The lowest BCUT2D eigenvalue weighted by Gasteiger charge is -2.16. The molecule has 0 unspecified atom stereocenters. The van der Waals surface area contributed by atoms with E-state index in [1.807, 2.05) is 0 Å². The molecule has 1 amide bonds. The third-order valence-electron chi connectivity index (χ3n) is 2.38. The number of carbonyl (C=O) groups is 1. The van der Waals surface area contributed by atoms with Crippen LogP contribution in [0.15, 0.2) is 28.1 Å². The summed E-state index contributed by atoms with van der Waals surface area (Å²) in [6.45, 7) is 0.200. The molecule has 1 aromatic carbocycles. The number of hydrogen-bond acceptors (Lipinski definition) is 4. The highest BCUT2D eigenvalue weighted by molar-refractivity contribution is 7.91. The molecule has 18 heavy (non-hydrogen) atoms. The minimum Gasteiger partial charge on any atom is -0.370 e. The van der Waals surface area contributed by atoms with Crippen LogP contribution in [-0.4, -0.2) is 26.2 Å². The summed E-state index contributed by atoms with van der Waals surface area (Å²) in [6.07, 6.45) is 0. The van der Waals surface area contributed by atoms with E-state index in [0.717, 1.165) is 0 Å². The van der Waals surface area contributed by atoms with Crippen LogP contribution in [0.25, 0.3) is 0 Å². The molecular weight excluding hydrogens is 258 g/mol. The van der Waals surface area contributed by atoms with Crippen LogP contribution in [0.1, 0.15) is 15.9 Å². The Hall–Kier alpha value is -1.93. The van der Waals surface area contributed by atoms with Crippen molar-refractivity contribution in [2.75, 3.05) is 5.94 Å². The highest BCUT2D eigenvalue weighted by Crippen LogP contribution is 2.24. The Morgan fingerprint density at radius 1 is 1.33 bits per heavy atom. The second-order valence-electron chi connectivity index (χ2n) is 3.75. The fourth-order valence-corrected chi connectivity index (χ4v) is 2.87. The number of nitrogens with two attached hydrogens (primary N) is 2. The van der Waals surface area contributed by atoms with Gasteiger partial charge in [0, 0.05) is 5.56 Å². The number of guanidine groups is 1. The van der Waals surface area contributed by atoms with Gasteiger partial charge in [-0.3, -0.25) is 4.79 Å². The lowest BCUT2D eigenvalue weighted by molar-refractivity contribution is 0.100. The number of benzene rings is 1. The molecule has 0 bridgehead atoms. The van der Waals surface area contributed by atoms with Crippen LogP contribution < -0.4 is 11.5 Å². The molecule has 0 aromatic heterocycles. The molecule has 0 aliphatic carbocycles. The van der Waals surface area contributed by atoms with Crippen molar-refractivity contribution in [2.45, 2.75) is 11.5 Å². The summed E-state index contributed by atoms with van der Waals surface area (Å²) < 4.78 is 28.4. The zero-order valence-corrected chi connectivity index (χ0v) is 10.1. The highest BCUT2D eigenvalue weighted by Gasteiger charge is 2.25. The van der Waals surface area contributed by atoms with E-state index >= 15 is 0 Å². The Bertz CT molecular complexity index is 633. The van der Waals surface area contributed by atoms with E-state index in [-0.39, 0.29) is 29.0 Å². The van der Waals surface area contributed by atoms with Gasteiger partial charge in [-0.1, -0.05) is 6.07 Å². The molecular formula is C10H11N3O4S. The fraction of sp³-hybridized carbons (Fsp3) is 0.200. The molecule has 1 heterocycles. The van der Waals surface area contributed by atoms with Gasteiger partial charge >= 0.3 is 0 Å². The fourth-order valence-electron chi connectivity index (χ4n) is 1.60. The van der Waals surface area contributed by atoms with Gasteiger partial charge in [0.2, 0.25) is 9.84 Å². The first-order valence-electron chi connectivity index (χ1n) is 4.97. The van der Waals surface area contributed by atoms with Gasteiger partial charge < -0.3 is 16.2 Å². The highest BCUT2D eigenvalue weighted by atomic mass is 32.2. The number of fused-ring (bicyclic) bond motifs is 1. The minimum atomic E-state index is -3.51. The quantitative estimate of drug-likeness (QED) is 0.516. The van der Waals surface area contributed by atoms with Gasteiger partial charge in [-0.05, 0) is 17.7 Å². The van der Waals surface area contributed by atoms with Crippen molar-refractivity contribution in [1.29, 1.82) is 0 Å². The average Bonchev–Trinajstić information content (AvgIpc) is 2.27. The Kier molecular flexibility index (Phi) is 3.05. The summed E-state index contributed by atoms with van der Waals surface area (Å²) in [5.41, 5.74) is 10.8. The number of amides is 1. The van der Waals surface area contributed by atoms with Crippen molar-refractivity contribution in [3.63, 3.8) is 0 Å². The summed E-state index contributed by atoms with van der Waals surface area (Å²) in [5, 5.41) is 0. The monoisotopic (exact) mass is 269 g/mol. The third-order valence-corrected chi connectivity index (χ3v) is 3.90. The number of rotatable bonds is 1. The topological polar surface area (TPSA) is 125 Å². The Labute approximate surface area is 103 Å². The molecule has 0 saturated heterocycles. The second kappa shape index (κ2) is 4.39. The molecule has 7 nitrogen and oxygen atoms in total. The molecule has 96 valence electrons. The summed E-state index contributed by atoms with van der Waals surface area (Å²) in [5.74, 6) is -1.44. The molecule has 0 atom stereocenters. The van der Waals surface area contributed by atoms with Crippen LogP contribution in [-0.2, 0) is 21.2 Å². The van der Waals surface area contributed by atoms with Crippen LogP contribution in [0, 0.1) is 0 Å². The molecule has 4 N–H and O–H groups in total. The molecule has 1 aliphatic rings. The Balaban J connectivity index is 2.50. The first-order valence-corrected chi connectivity index (χ1v) is 6.63. The van der Waals surface area contributed by atoms with Gasteiger partial charge in [0.15, 0.2) is 11.9 Å². The van der Waals surface area contributed by atoms with Crippen molar-refractivity contribution in [3.05, 3.63) is 29.3 Å². The molecule has 0 saturated carbocycles. The molecule has 2 rings (SSSR count). The van der Waals surface area contributed by atoms with Crippen molar-refractivity contribution < 1.29 is 17.9 Å². The van der Waals surface area contributed by atoms with E-state index < -0.39 is 15.7 Å². The maximum Gasteiger partial charge on any atom is 0.280 e. The molecule has 1 aliphatic heterocycles. The predicted molar refractivity (Wildman–Crippen MR) is 63.4 cm³/mol. The van der Waals surface area contributed by atoms with E-state index in [1.54, 1.807) is 0 Å². The third kappa shape index (κ3) is 2.34. The molecule has 0 radical (unpaired) electrons. The lowest BCUT2D eigenvalue weighted by atomic mass is 10.1. The number of sulfone groups is 1. The van der Waals surface area contributed by atoms with Gasteiger partial charge in [0.1, 0.15) is 0 Å². The standard InChI is InChI=1S/C10H11N3O4S/c11-10(12)13-9(14)6-1-2-7-4-17-5-18(15,16)8(7)3-6/h1-3H,4-5H2,(H4,11,12,13,14). The number of ether oxygens (including phenoxy) is 1.